The number of hydrogen-bond donors (Lipinski definition) is 0. The first-order chi connectivity index (χ1) is 19.2. The highest BCUT2D eigenvalue weighted by atomic mass is 35.5. The molecule has 5 nitrogen and oxygen atoms in total. The second-order valence-electron chi connectivity index (χ2n) is 9.88. The summed E-state index contributed by atoms with van der Waals surface area (Å²) in [5.74, 6) is 1.68. The Morgan fingerprint density at radius 2 is 0.854 bits per heavy atom. The Balaban J connectivity index is 0.00000194. The fourth-order valence-corrected chi connectivity index (χ4v) is 4.72. The average Bonchev–Trinajstić information content (AvgIpc) is 3.61. The van der Waals surface area contributed by atoms with E-state index in [-0.39, 0.29) is 24.8 Å². The van der Waals surface area contributed by atoms with Crippen molar-refractivity contribution >= 4 is 0 Å². The summed E-state index contributed by atoms with van der Waals surface area (Å²) in [6, 6.07) is 37.7. The van der Waals surface area contributed by atoms with Crippen molar-refractivity contribution in [2.24, 2.45) is 0 Å². The van der Waals surface area contributed by atoms with Gasteiger partial charge >= 0.3 is 0 Å². The molecule has 0 aliphatic rings. The highest BCUT2D eigenvalue weighted by Gasteiger charge is 2.08. The minimum absolute atomic E-state index is 0. The van der Waals surface area contributed by atoms with E-state index in [1.54, 1.807) is 0 Å². The lowest BCUT2D eigenvalue weighted by Gasteiger charge is -2.07. The van der Waals surface area contributed by atoms with Crippen LogP contribution in [0.4, 0.5) is 0 Å². The van der Waals surface area contributed by atoms with Gasteiger partial charge in [0.05, 0.1) is 0 Å². The lowest BCUT2D eigenvalue weighted by molar-refractivity contribution is -0.688. The molecule has 0 radical (unpaired) electrons. The number of benzene rings is 4. The van der Waals surface area contributed by atoms with Crippen LogP contribution < -0.4 is 38.7 Å². The highest BCUT2D eigenvalue weighted by molar-refractivity contribution is 5.34. The maximum absolute atomic E-state index is 6.11. The van der Waals surface area contributed by atoms with Crippen molar-refractivity contribution in [2.45, 2.75) is 26.2 Å². The normalized spacial score (nSPS) is 10.4. The Hall–Kier alpha value is -4.32. The standard InChI is InChI=1S/C34H32N4O.2ClH/c1-3-7-29(8-4-1)23-35-19-21-37(27-35)25-31-11-15-33(16-12-31)39-34-17-13-32(14-18-34)26-38-22-20-36(28-38)24-30-9-5-2-6-10-30;;/h1-22,27-28H,23-26H2;2*1H/q+2;;/p-2. The van der Waals surface area contributed by atoms with Crippen molar-refractivity contribution in [1.29, 1.82) is 0 Å². The molecule has 208 valence electrons. The van der Waals surface area contributed by atoms with Crippen molar-refractivity contribution in [2.75, 3.05) is 0 Å². The van der Waals surface area contributed by atoms with E-state index in [0.29, 0.717) is 0 Å². The van der Waals surface area contributed by atoms with Crippen LogP contribution in [-0.2, 0) is 26.2 Å². The van der Waals surface area contributed by atoms with E-state index in [9.17, 15) is 0 Å². The molecule has 0 saturated heterocycles. The zero-order valence-electron chi connectivity index (χ0n) is 22.6. The van der Waals surface area contributed by atoms with E-state index in [4.69, 9.17) is 4.74 Å². The number of hydrogen-bond acceptors (Lipinski definition) is 1. The summed E-state index contributed by atoms with van der Waals surface area (Å²) in [5.41, 5.74) is 5.06. The fourth-order valence-electron chi connectivity index (χ4n) is 4.72. The van der Waals surface area contributed by atoms with Crippen LogP contribution in [-0.4, -0.2) is 9.13 Å². The zero-order valence-corrected chi connectivity index (χ0v) is 24.1. The molecule has 0 aliphatic carbocycles. The molecule has 0 saturated carbocycles. The van der Waals surface area contributed by atoms with E-state index in [1.807, 2.05) is 24.3 Å². The Labute approximate surface area is 253 Å². The summed E-state index contributed by atoms with van der Waals surface area (Å²) in [5, 5.41) is 0. The number of rotatable bonds is 10. The first kappa shape index (κ1) is 29.7. The van der Waals surface area contributed by atoms with E-state index < -0.39 is 0 Å². The van der Waals surface area contributed by atoms with Crippen LogP contribution in [0.3, 0.4) is 0 Å². The quantitative estimate of drug-likeness (QED) is 0.207. The minimum atomic E-state index is 0. The predicted molar refractivity (Wildman–Crippen MR) is 152 cm³/mol. The molecule has 7 heteroatoms. The summed E-state index contributed by atoms with van der Waals surface area (Å²) in [4.78, 5) is 0. The number of ether oxygens (including phenoxy) is 1. The van der Waals surface area contributed by atoms with E-state index >= 15 is 0 Å². The molecular formula is C34H32Cl2N4O. The molecule has 0 N–H and O–H groups in total. The van der Waals surface area contributed by atoms with Crippen LogP contribution >= 0.6 is 0 Å². The van der Waals surface area contributed by atoms with Gasteiger partial charge in [0, 0.05) is 0 Å². The molecule has 0 bridgehead atoms. The number of imidazole rings is 2. The van der Waals surface area contributed by atoms with Gasteiger partial charge in [-0.25, -0.2) is 18.3 Å². The summed E-state index contributed by atoms with van der Waals surface area (Å²) >= 11 is 0. The second-order valence-corrected chi connectivity index (χ2v) is 9.88. The SMILES string of the molecule is [Cl-].[Cl-].c1ccc(C[n+]2ccn(Cc3ccc(Oc4ccc(Cn5cc[n+](Cc6ccccc6)c5)cc4)cc3)c2)cc1. The fraction of sp³-hybridized carbons (Fsp3) is 0.118. The van der Waals surface area contributed by atoms with Crippen LogP contribution in [0.5, 0.6) is 11.5 Å². The summed E-state index contributed by atoms with van der Waals surface area (Å²) in [6.45, 7) is 3.39. The third kappa shape index (κ3) is 8.34. The van der Waals surface area contributed by atoms with E-state index in [1.165, 1.54) is 22.3 Å². The van der Waals surface area contributed by atoms with E-state index in [2.05, 4.69) is 141 Å². The smallest absolute Gasteiger partial charge is 0.244 e. The van der Waals surface area contributed by atoms with Gasteiger partial charge in [0.2, 0.25) is 12.7 Å². The molecule has 0 atom stereocenters. The molecule has 0 amide bonds. The average molecular weight is 584 g/mol. The van der Waals surface area contributed by atoms with Gasteiger partial charge in [0.25, 0.3) is 0 Å². The Kier molecular flexibility index (Phi) is 10.4. The van der Waals surface area contributed by atoms with Crippen molar-refractivity contribution < 1.29 is 38.7 Å². The van der Waals surface area contributed by atoms with Crippen molar-refractivity contribution in [3.05, 3.63) is 169 Å². The topological polar surface area (TPSA) is 26.8 Å². The van der Waals surface area contributed by atoms with Gasteiger partial charge in [0.1, 0.15) is 62.5 Å². The molecule has 4 aromatic carbocycles. The van der Waals surface area contributed by atoms with Gasteiger partial charge in [0.15, 0.2) is 0 Å². The van der Waals surface area contributed by atoms with Crippen molar-refractivity contribution in [1.82, 2.24) is 9.13 Å². The monoisotopic (exact) mass is 582 g/mol. The van der Waals surface area contributed by atoms with Gasteiger partial charge in [-0.3, -0.25) is 0 Å². The molecular weight excluding hydrogens is 551 g/mol. The minimum Gasteiger partial charge on any atom is -1.00 e. The zero-order chi connectivity index (χ0) is 26.3. The lowest BCUT2D eigenvalue weighted by atomic mass is 10.2. The molecule has 0 aliphatic heterocycles. The van der Waals surface area contributed by atoms with Crippen LogP contribution in [0.15, 0.2) is 147 Å². The third-order valence-corrected chi connectivity index (χ3v) is 6.72. The molecule has 6 aromatic rings. The van der Waals surface area contributed by atoms with Gasteiger partial charge in [-0.2, -0.15) is 0 Å². The predicted octanol–water partition coefficient (Wildman–Crippen LogP) is -0.142. The molecule has 2 heterocycles. The molecule has 0 spiro atoms. The largest absolute Gasteiger partial charge is 1.00 e. The maximum atomic E-state index is 6.11. The van der Waals surface area contributed by atoms with E-state index in [0.717, 1.165) is 37.7 Å². The summed E-state index contributed by atoms with van der Waals surface area (Å²) < 4.78 is 14.9. The second kappa shape index (κ2) is 14.4. The van der Waals surface area contributed by atoms with Crippen LogP contribution in [0, 0.1) is 0 Å². The van der Waals surface area contributed by atoms with Gasteiger partial charge < -0.3 is 29.6 Å². The first-order valence-electron chi connectivity index (χ1n) is 13.3. The molecule has 0 unspecified atom stereocenters. The van der Waals surface area contributed by atoms with Crippen LogP contribution in [0.2, 0.25) is 0 Å². The Morgan fingerprint density at radius 3 is 1.24 bits per heavy atom. The first-order valence-corrected chi connectivity index (χ1v) is 13.3. The lowest BCUT2D eigenvalue weighted by Crippen LogP contribution is -3.00. The number of aromatic nitrogens is 4. The highest BCUT2D eigenvalue weighted by Crippen LogP contribution is 2.22. The Bertz CT molecular complexity index is 1490. The molecule has 2 aromatic heterocycles. The molecule has 0 fully saturated rings. The van der Waals surface area contributed by atoms with Crippen molar-refractivity contribution in [3.8, 4) is 11.5 Å². The van der Waals surface area contributed by atoms with Gasteiger partial charge in [-0.15, -0.1) is 0 Å². The number of halogens is 2. The van der Waals surface area contributed by atoms with Gasteiger partial charge in [-0.1, -0.05) is 84.9 Å². The van der Waals surface area contributed by atoms with Crippen LogP contribution in [0.1, 0.15) is 22.3 Å². The van der Waals surface area contributed by atoms with Gasteiger partial charge in [-0.05, 0) is 46.5 Å². The Morgan fingerprint density at radius 1 is 0.463 bits per heavy atom. The van der Waals surface area contributed by atoms with Crippen molar-refractivity contribution in [3.63, 3.8) is 0 Å². The van der Waals surface area contributed by atoms with Crippen LogP contribution in [0.25, 0.3) is 0 Å². The summed E-state index contributed by atoms with van der Waals surface area (Å²) in [7, 11) is 0. The number of nitrogens with zero attached hydrogens (tertiary/aromatic N) is 4. The molecule has 41 heavy (non-hydrogen) atoms. The molecule has 6 rings (SSSR count). The third-order valence-electron chi connectivity index (χ3n) is 6.72. The maximum Gasteiger partial charge on any atom is 0.244 e. The summed E-state index contributed by atoms with van der Waals surface area (Å²) in [6.07, 6.45) is 12.8.